The molecule has 1 aliphatic rings. The van der Waals surface area contributed by atoms with Crippen LogP contribution in [-0.2, 0) is 6.42 Å². The fraction of sp³-hybridized carbons (Fsp3) is 0.130. The molecule has 0 bridgehead atoms. The minimum atomic E-state index is -0.524. The van der Waals surface area contributed by atoms with Gasteiger partial charge in [-0.15, -0.1) is 0 Å². The van der Waals surface area contributed by atoms with Crippen LogP contribution in [-0.4, -0.2) is 27.4 Å². The molecule has 1 aliphatic heterocycles. The van der Waals surface area contributed by atoms with Crippen LogP contribution in [0.1, 0.15) is 22.9 Å². The van der Waals surface area contributed by atoms with Gasteiger partial charge in [0.25, 0.3) is 0 Å². The summed E-state index contributed by atoms with van der Waals surface area (Å²) >= 11 is 5.87. The smallest absolute Gasteiger partial charge is 0.322 e. The van der Waals surface area contributed by atoms with Gasteiger partial charge in [-0.2, -0.15) is 0 Å². The van der Waals surface area contributed by atoms with Gasteiger partial charge in [-0.1, -0.05) is 35.9 Å². The van der Waals surface area contributed by atoms with Gasteiger partial charge in [0.15, 0.2) is 0 Å². The SMILES string of the molecule is O=C(Nc1ccc(F)c(Cl)c1)N1CCc2c([nH]c3ccccc23)[C@@H]1c1cccnc1. The van der Waals surface area contributed by atoms with E-state index in [2.05, 4.69) is 21.4 Å². The average Bonchev–Trinajstić information content (AvgIpc) is 3.15. The first kappa shape index (κ1) is 18.6. The zero-order valence-corrected chi connectivity index (χ0v) is 16.7. The number of amides is 2. The number of fused-ring (bicyclic) bond motifs is 3. The van der Waals surface area contributed by atoms with Crippen molar-refractivity contribution in [3.8, 4) is 0 Å². The zero-order chi connectivity index (χ0) is 20.7. The number of nitrogens with one attached hydrogen (secondary N) is 2. The summed E-state index contributed by atoms with van der Waals surface area (Å²) in [7, 11) is 0. The van der Waals surface area contributed by atoms with Crippen molar-refractivity contribution in [2.75, 3.05) is 11.9 Å². The number of aromatic amines is 1. The fourth-order valence-corrected chi connectivity index (χ4v) is 4.29. The van der Waals surface area contributed by atoms with Crippen molar-refractivity contribution in [3.63, 3.8) is 0 Å². The maximum absolute atomic E-state index is 13.5. The molecule has 7 heteroatoms. The van der Waals surface area contributed by atoms with E-state index in [9.17, 15) is 9.18 Å². The van der Waals surface area contributed by atoms with E-state index >= 15 is 0 Å². The van der Waals surface area contributed by atoms with E-state index in [1.54, 1.807) is 17.3 Å². The summed E-state index contributed by atoms with van der Waals surface area (Å²) in [5.41, 5.74) is 4.61. The maximum Gasteiger partial charge on any atom is 0.322 e. The number of H-pyrrole nitrogens is 1. The second-order valence-corrected chi connectivity index (χ2v) is 7.66. The molecule has 0 fully saturated rings. The Kier molecular flexibility index (Phi) is 4.64. The van der Waals surface area contributed by atoms with E-state index in [0.717, 1.165) is 23.2 Å². The molecule has 2 aromatic heterocycles. The second-order valence-electron chi connectivity index (χ2n) is 7.25. The molecule has 0 spiro atoms. The lowest BCUT2D eigenvalue weighted by Crippen LogP contribution is -2.43. The number of benzene rings is 2. The molecule has 0 aliphatic carbocycles. The first-order valence-corrected chi connectivity index (χ1v) is 10.0. The zero-order valence-electron chi connectivity index (χ0n) is 15.9. The Labute approximate surface area is 177 Å². The lowest BCUT2D eigenvalue weighted by Gasteiger charge is -2.36. The van der Waals surface area contributed by atoms with E-state index < -0.39 is 5.82 Å². The van der Waals surface area contributed by atoms with Crippen LogP contribution >= 0.6 is 11.6 Å². The molecule has 1 atom stereocenters. The summed E-state index contributed by atoms with van der Waals surface area (Å²) < 4.78 is 13.5. The van der Waals surface area contributed by atoms with Gasteiger partial charge >= 0.3 is 6.03 Å². The number of para-hydroxylation sites is 1. The molecule has 0 unspecified atom stereocenters. The van der Waals surface area contributed by atoms with Crippen LogP contribution in [0.3, 0.4) is 0 Å². The monoisotopic (exact) mass is 420 g/mol. The van der Waals surface area contributed by atoms with E-state index in [-0.39, 0.29) is 17.1 Å². The van der Waals surface area contributed by atoms with Gasteiger partial charge in [-0.05, 0) is 47.9 Å². The van der Waals surface area contributed by atoms with Crippen molar-refractivity contribution in [3.05, 3.63) is 94.7 Å². The van der Waals surface area contributed by atoms with Crippen LogP contribution in [0.25, 0.3) is 10.9 Å². The van der Waals surface area contributed by atoms with Crippen LogP contribution in [0.4, 0.5) is 14.9 Å². The van der Waals surface area contributed by atoms with Crippen molar-refractivity contribution < 1.29 is 9.18 Å². The number of carbonyl (C=O) groups is 1. The lowest BCUT2D eigenvalue weighted by atomic mass is 9.93. The van der Waals surface area contributed by atoms with E-state index in [4.69, 9.17) is 11.6 Å². The molecule has 0 saturated heterocycles. The second kappa shape index (κ2) is 7.46. The molecular formula is C23H18ClFN4O. The Morgan fingerprint density at radius 3 is 2.87 bits per heavy atom. The fourth-order valence-electron chi connectivity index (χ4n) is 4.11. The topological polar surface area (TPSA) is 61.0 Å². The van der Waals surface area contributed by atoms with Crippen LogP contribution in [0.5, 0.6) is 0 Å². The molecule has 2 aromatic carbocycles. The number of aromatic nitrogens is 2. The number of hydrogen-bond donors (Lipinski definition) is 2. The Morgan fingerprint density at radius 2 is 2.07 bits per heavy atom. The number of pyridine rings is 1. The Morgan fingerprint density at radius 1 is 1.20 bits per heavy atom. The number of anilines is 1. The summed E-state index contributed by atoms with van der Waals surface area (Å²) in [6.07, 6.45) is 4.22. The lowest BCUT2D eigenvalue weighted by molar-refractivity contribution is 0.193. The summed E-state index contributed by atoms with van der Waals surface area (Å²) in [4.78, 5) is 22.8. The van der Waals surface area contributed by atoms with Crippen molar-refractivity contribution in [1.82, 2.24) is 14.9 Å². The molecule has 0 radical (unpaired) electrons. The predicted octanol–water partition coefficient (Wildman–Crippen LogP) is 5.54. The Hall–Kier alpha value is -3.38. The molecule has 0 saturated carbocycles. The number of halogens is 2. The predicted molar refractivity (Wildman–Crippen MR) is 115 cm³/mol. The standard InChI is InChI=1S/C23H18ClFN4O/c24-18-12-15(7-8-19(18)25)27-23(30)29-11-9-17-16-5-1-2-6-20(16)28-21(17)22(29)14-4-3-10-26-13-14/h1-8,10,12-13,22,28H,9,11H2,(H,27,30)/t22-/m0/s1. The largest absolute Gasteiger partial charge is 0.356 e. The van der Waals surface area contributed by atoms with Gasteiger partial charge in [-0.25, -0.2) is 9.18 Å². The minimum absolute atomic E-state index is 0.0341. The van der Waals surface area contributed by atoms with Gasteiger partial charge in [0, 0.05) is 41.2 Å². The maximum atomic E-state index is 13.5. The van der Waals surface area contributed by atoms with Crippen molar-refractivity contribution >= 4 is 34.2 Å². The first-order chi connectivity index (χ1) is 14.6. The van der Waals surface area contributed by atoms with Gasteiger partial charge < -0.3 is 15.2 Å². The normalized spacial score (nSPS) is 15.8. The van der Waals surface area contributed by atoms with Crippen LogP contribution in [0.15, 0.2) is 67.0 Å². The number of rotatable bonds is 2. The highest BCUT2D eigenvalue weighted by Crippen LogP contribution is 2.38. The average molecular weight is 421 g/mol. The van der Waals surface area contributed by atoms with Crippen molar-refractivity contribution in [2.45, 2.75) is 12.5 Å². The summed E-state index contributed by atoms with van der Waals surface area (Å²) in [5.74, 6) is -0.524. The third kappa shape index (κ3) is 3.19. The van der Waals surface area contributed by atoms with Crippen LogP contribution in [0.2, 0.25) is 5.02 Å². The molecule has 2 amide bonds. The van der Waals surface area contributed by atoms with E-state index in [0.29, 0.717) is 12.2 Å². The Balaban J connectivity index is 1.55. The number of carbonyl (C=O) groups excluding carboxylic acids is 1. The molecule has 5 rings (SSSR count). The third-order valence-corrected chi connectivity index (χ3v) is 5.76. The van der Waals surface area contributed by atoms with Gasteiger partial charge in [0.2, 0.25) is 0 Å². The molecular weight excluding hydrogens is 403 g/mol. The molecule has 3 heterocycles. The molecule has 4 aromatic rings. The summed E-state index contributed by atoms with van der Waals surface area (Å²) in [6, 6.07) is 15.5. The van der Waals surface area contributed by atoms with Gasteiger partial charge in [0.1, 0.15) is 11.9 Å². The molecule has 5 nitrogen and oxygen atoms in total. The van der Waals surface area contributed by atoms with Gasteiger partial charge in [0.05, 0.1) is 5.02 Å². The van der Waals surface area contributed by atoms with Crippen LogP contribution < -0.4 is 5.32 Å². The summed E-state index contributed by atoms with van der Waals surface area (Å²) in [5, 5.41) is 3.98. The highest BCUT2D eigenvalue weighted by atomic mass is 35.5. The molecule has 150 valence electrons. The minimum Gasteiger partial charge on any atom is -0.356 e. The number of nitrogens with zero attached hydrogens (tertiary/aromatic N) is 2. The van der Waals surface area contributed by atoms with E-state index in [1.165, 1.54) is 29.1 Å². The highest BCUT2D eigenvalue weighted by Gasteiger charge is 2.34. The van der Waals surface area contributed by atoms with Crippen molar-refractivity contribution in [2.24, 2.45) is 0 Å². The van der Waals surface area contributed by atoms with Crippen molar-refractivity contribution in [1.29, 1.82) is 0 Å². The van der Waals surface area contributed by atoms with Crippen LogP contribution in [0, 0.1) is 5.82 Å². The number of urea groups is 1. The summed E-state index contributed by atoms with van der Waals surface area (Å²) in [6.45, 7) is 0.537. The number of hydrogen-bond acceptors (Lipinski definition) is 2. The Bertz CT molecular complexity index is 1240. The quantitative estimate of drug-likeness (QED) is 0.447. The highest BCUT2D eigenvalue weighted by molar-refractivity contribution is 6.31. The third-order valence-electron chi connectivity index (χ3n) is 5.47. The molecule has 30 heavy (non-hydrogen) atoms. The van der Waals surface area contributed by atoms with Gasteiger partial charge in [-0.3, -0.25) is 4.98 Å². The molecule has 2 N–H and O–H groups in total. The van der Waals surface area contributed by atoms with E-state index in [1.807, 2.05) is 30.3 Å². The first-order valence-electron chi connectivity index (χ1n) is 9.64.